The van der Waals surface area contributed by atoms with Crippen molar-refractivity contribution in [3.8, 4) is 5.75 Å². The van der Waals surface area contributed by atoms with Crippen molar-refractivity contribution in [3.63, 3.8) is 0 Å². The fraction of sp³-hybridized carbons (Fsp3) is 0.150. The number of nitrogens with one attached hydrogen (secondary N) is 1. The predicted molar refractivity (Wildman–Crippen MR) is 106 cm³/mol. The van der Waals surface area contributed by atoms with Crippen LogP contribution in [0, 0.1) is 0 Å². The summed E-state index contributed by atoms with van der Waals surface area (Å²) in [6.45, 7) is -0.488. The Balaban J connectivity index is 1.70. The van der Waals surface area contributed by atoms with Crippen molar-refractivity contribution in [2.45, 2.75) is 6.04 Å². The third-order valence-corrected chi connectivity index (χ3v) is 4.56. The Morgan fingerprint density at radius 2 is 2.00 bits per heavy atom. The van der Waals surface area contributed by atoms with Crippen LogP contribution in [0.3, 0.4) is 0 Å². The summed E-state index contributed by atoms with van der Waals surface area (Å²) >= 11 is 3.22. The lowest BCUT2D eigenvalue weighted by atomic mass is 10.1. The molecule has 0 unspecified atom stereocenters. The van der Waals surface area contributed by atoms with E-state index in [4.69, 9.17) is 4.74 Å². The summed E-state index contributed by atoms with van der Waals surface area (Å²) in [6.07, 6.45) is 3.43. The van der Waals surface area contributed by atoms with Gasteiger partial charge in [-0.1, -0.05) is 46.3 Å². The zero-order chi connectivity index (χ0) is 20.1. The SMILES string of the molecule is Cn1ccnc1[C@@H](NC(=O)COC(=O)c1cc(Br)ccc1O)c1ccccc1. The molecule has 3 aromatic rings. The standard InChI is InChI=1S/C20H18BrN3O4/c1-24-10-9-22-19(24)18(13-5-3-2-4-6-13)23-17(26)12-28-20(27)15-11-14(21)7-8-16(15)25/h2-11,18,25H,12H2,1H3,(H,23,26)/t18-/m0/s1. The van der Waals surface area contributed by atoms with E-state index in [2.05, 4.69) is 26.2 Å². The van der Waals surface area contributed by atoms with Gasteiger partial charge in [0.2, 0.25) is 0 Å². The van der Waals surface area contributed by atoms with Crippen molar-refractivity contribution in [2.75, 3.05) is 6.61 Å². The van der Waals surface area contributed by atoms with Gasteiger partial charge in [-0.15, -0.1) is 0 Å². The fourth-order valence-electron chi connectivity index (χ4n) is 2.68. The number of phenols is 1. The van der Waals surface area contributed by atoms with Gasteiger partial charge in [-0.05, 0) is 23.8 Å². The summed E-state index contributed by atoms with van der Waals surface area (Å²) in [6, 6.07) is 13.3. The maximum atomic E-state index is 12.4. The van der Waals surface area contributed by atoms with Crippen LogP contribution in [0.4, 0.5) is 0 Å². The summed E-state index contributed by atoms with van der Waals surface area (Å²) in [5.74, 6) is -0.846. The minimum Gasteiger partial charge on any atom is -0.507 e. The van der Waals surface area contributed by atoms with Crippen molar-refractivity contribution in [1.82, 2.24) is 14.9 Å². The highest BCUT2D eigenvalue weighted by molar-refractivity contribution is 9.10. The van der Waals surface area contributed by atoms with E-state index in [1.165, 1.54) is 12.1 Å². The van der Waals surface area contributed by atoms with Crippen LogP contribution in [0.2, 0.25) is 0 Å². The van der Waals surface area contributed by atoms with Crippen molar-refractivity contribution < 1.29 is 19.4 Å². The number of nitrogens with zero attached hydrogens (tertiary/aromatic N) is 2. The molecular weight excluding hydrogens is 426 g/mol. The lowest BCUT2D eigenvalue weighted by Crippen LogP contribution is -2.34. The van der Waals surface area contributed by atoms with Crippen molar-refractivity contribution in [2.24, 2.45) is 7.05 Å². The Hall–Kier alpha value is -3.13. The molecule has 8 heteroatoms. The molecule has 2 aromatic carbocycles. The molecule has 1 amide bonds. The normalized spacial score (nSPS) is 11.6. The van der Waals surface area contributed by atoms with Gasteiger partial charge in [0.15, 0.2) is 6.61 Å². The van der Waals surface area contributed by atoms with Crippen LogP contribution < -0.4 is 5.32 Å². The highest BCUT2D eigenvalue weighted by atomic mass is 79.9. The van der Waals surface area contributed by atoms with Gasteiger partial charge in [-0.25, -0.2) is 9.78 Å². The van der Waals surface area contributed by atoms with Crippen LogP contribution >= 0.6 is 15.9 Å². The third kappa shape index (κ3) is 4.58. The number of aromatic nitrogens is 2. The molecule has 0 aliphatic rings. The van der Waals surface area contributed by atoms with Crippen molar-refractivity contribution in [3.05, 3.63) is 82.3 Å². The van der Waals surface area contributed by atoms with Crippen LogP contribution in [0.15, 0.2) is 65.4 Å². The Bertz CT molecular complexity index is 988. The van der Waals surface area contributed by atoms with E-state index >= 15 is 0 Å². The van der Waals surface area contributed by atoms with Crippen LogP contribution in [0.1, 0.15) is 27.8 Å². The highest BCUT2D eigenvalue weighted by Gasteiger charge is 2.22. The quantitative estimate of drug-likeness (QED) is 0.571. The Kier molecular flexibility index (Phi) is 6.10. The summed E-state index contributed by atoms with van der Waals surface area (Å²) < 4.78 is 7.47. The van der Waals surface area contributed by atoms with E-state index in [9.17, 15) is 14.7 Å². The predicted octanol–water partition coefficient (Wildman–Crippen LogP) is 2.95. The second kappa shape index (κ2) is 8.71. The summed E-state index contributed by atoms with van der Waals surface area (Å²) in [7, 11) is 1.83. The number of amides is 1. The number of halogens is 1. The van der Waals surface area contributed by atoms with E-state index in [1.807, 2.05) is 41.9 Å². The molecule has 2 N–H and O–H groups in total. The molecule has 0 fully saturated rings. The third-order valence-electron chi connectivity index (χ3n) is 4.07. The maximum absolute atomic E-state index is 12.4. The first-order valence-corrected chi connectivity index (χ1v) is 9.22. The smallest absolute Gasteiger partial charge is 0.342 e. The second-order valence-electron chi connectivity index (χ2n) is 6.05. The molecule has 0 saturated carbocycles. The van der Waals surface area contributed by atoms with E-state index in [0.29, 0.717) is 10.3 Å². The molecule has 0 spiro atoms. The first-order valence-electron chi connectivity index (χ1n) is 8.43. The van der Waals surface area contributed by atoms with Crippen LogP contribution in [-0.4, -0.2) is 33.1 Å². The lowest BCUT2D eigenvalue weighted by molar-refractivity contribution is -0.124. The number of carbonyl (C=O) groups is 2. The molecule has 1 aromatic heterocycles. The maximum Gasteiger partial charge on any atom is 0.342 e. The average molecular weight is 444 g/mol. The molecule has 7 nitrogen and oxygen atoms in total. The molecule has 0 aliphatic heterocycles. The molecule has 144 valence electrons. The number of hydrogen-bond donors (Lipinski definition) is 2. The number of aromatic hydroxyl groups is 1. The number of aryl methyl sites for hydroxylation is 1. The van der Waals surface area contributed by atoms with Gasteiger partial charge in [0.05, 0.1) is 0 Å². The largest absolute Gasteiger partial charge is 0.507 e. The van der Waals surface area contributed by atoms with Crippen molar-refractivity contribution in [1.29, 1.82) is 0 Å². The molecule has 0 saturated heterocycles. The van der Waals surface area contributed by atoms with Crippen molar-refractivity contribution >= 4 is 27.8 Å². The zero-order valence-electron chi connectivity index (χ0n) is 15.0. The summed E-state index contributed by atoms with van der Waals surface area (Å²) in [5, 5.41) is 12.6. The van der Waals surface area contributed by atoms with E-state index in [1.54, 1.807) is 18.5 Å². The fourth-order valence-corrected chi connectivity index (χ4v) is 3.04. The van der Waals surface area contributed by atoms with Gasteiger partial charge < -0.3 is 19.7 Å². The second-order valence-corrected chi connectivity index (χ2v) is 6.96. The van der Waals surface area contributed by atoms with Gasteiger partial charge >= 0.3 is 5.97 Å². The first-order chi connectivity index (χ1) is 13.5. The number of hydrogen-bond acceptors (Lipinski definition) is 5. The number of benzene rings is 2. The first kappa shape index (κ1) is 19.6. The molecule has 0 bridgehead atoms. The van der Waals surface area contributed by atoms with E-state index in [-0.39, 0.29) is 11.3 Å². The van der Waals surface area contributed by atoms with Gasteiger partial charge in [0.25, 0.3) is 5.91 Å². The minimum atomic E-state index is -0.790. The minimum absolute atomic E-state index is 0.0223. The zero-order valence-corrected chi connectivity index (χ0v) is 16.6. The number of carbonyl (C=O) groups excluding carboxylic acids is 2. The Labute approximate surface area is 170 Å². The Morgan fingerprint density at radius 3 is 2.68 bits per heavy atom. The van der Waals surface area contributed by atoms with Gasteiger partial charge in [0.1, 0.15) is 23.2 Å². The van der Waals surface area contributed by atoms with E-state index < -0.39 is 24.5 Å². The van der Waals surface area contributed by atoms with E-state index in [0.717, 1.165) is 5.56 Å². The topological polar surface area (TPSA) is 93.5 Å². The molecule has 1 atom stereocenters. The number of imidazole rings is 1. The summed E-state index contributed by atoms with van der Waals surface area (Å²) in [4.78, 5) is 28.9. The number of rotatable bonds is 6. The van der Waals surface area contributed by atoms with Gasteiger partial charge in [0, 0.05) is 23.9 Å². The summed E-state index contributed by atoms with van der Waals surface area (Å²) in [5.41, 5.74) is 0.826. The van der Waals surface area contributed by atoms with Crippen LogP contribution in [0.5, 0.6) is 5.75 Å². The molecule has 0 aliphatic carbocycles. The number of esters is 1. The molecular formula is C20H18BrN3O4. The molecule has 1 heterocycles. The number of ether oxygens (including phenoxy) is 1. The molecule has 0 radical (unpaired) electrons. The molecule has 3 rings (SSSR count). The monoisotopic (exact) mass is 443 g/mol. The van der Waals surface area contributed by atoms with Gasteiger partial charge in [-0.2, -0.15) is 0 Å². The highest BCUT2D eigenvalue weighted by Crippen LogP contribution is 2.23. The lowest BCUT2D eigenvalue weighted by Gasteiger charge is -2.19. The Morgan fingerprint density at radius 1 is 1.25 bits per heavy atom. The number of phenolic OH excluding ortho intramolecular Hbond substituents is 1. The van der Waals surface area contributed by atoms with Crippen LogP contribution in [0.25, 0.3) is 0 Å². The molecule has 28 heavy (non-hydrogen) atoms. The van der Waals surface area contributed by atoms with Crippen LogP contribution in [-0.2, 0) is 16.6 Å². The average Bonchev–Trinajstić information content (AvgIpc) is 3.12. The van der Waals surface area contributed by atoms with Gasteiger partial charge in [-0.3, -0.25) is 4.79 Å².